The second-order valence-electron chi connectivity index (χ2n) is 5.27. The summed E-state index contributed by atoms with van der Waals surface area (Å²) >= 11 is 0. The van der Waals surface area contributed by atoms with E-state index in [4.69, 9.17) is 15.2 Å². The first kappa shape index (κ1) is 15.4. The van der Waals surface area contributed by atoms with Crippen LogP contribution in [0.3, 0.4) is 0 Å². The SMILES string of the molecule is CCC(N)Cc1ccc(Oc2ccc(C)cc2OC)cc1. The Kier molecular flexibility index (Phi) is 5.23. The standard InChI is InChI=1S/C18H23NO2/c1-4-15(19)12-14-6-8-16(9-7-14)21-17-10-5-13(2)11-18(17)20-3/h5-11,15H,4,12,19H2,1-3H3. The van der Waals surface area contributed by atoms with E-state index in [1.807, 2.05) is 37.3 Å². The lowest BCUT2D eigenvalue weighted by Crippen LogP contribution is -2.21. The van der Waals surface area contributed by atoms with Gasteiger partial charge in [0.25, 0.3) is 0 Å². The van der Waals surface area contributed by atoms with Crippen LogP contribution >= 0.6 is 0 Å². The van der Waals surface area contributed by atoms with E-state index >= 15 is 0 Å². The summed E-state index contributed by atoms with van der Waals surface area (Å²) in [4.78, 5) is 0. The van der Waals surface area contributed by atoms with E-state index in [1.165, 1.54) is 5.56 Å². The maximum Gasteiger partial charge on any atom is 0.169 e. The molecule has 112 valence electrons. The van der Waals surface area contributed by atoms with Gasteiger partial charge < -0.3 is 15.2 Å². The zero-order chi connectivity index (χ0) is 15.2. The minimum atomic E-state index is 0.217. The summed E-state index contributed by atoms with van der Waals surface area (Å²) in [7, 11) is 1.65. The molecule has 0 aliphatic carbocycles. The van der Waals surface area contributed by atoms with Crippen molar-refractivity contribution >= 4 is 0 Å². The molecule has 0 aromatic heterocycles. The number of ether oxygens (including phenoxy) is 2. The van der Waals surface area contributed by atoms with Gasteiger partial charge in [-0.2, -0.15) is 0 Å². The molecule has 2 rings (SSSR count). The summed E-state index contributed by atoms with van der Waals surface area (Å²) < 4.78 is 11.2. The van der Waals surface area contributed by atoms with Crippen molar-refractivity contribution in [2.24, 2.45) is 5.73 Å². The Morgan fingerprint density at radius 2 is 1.76 bits per heavy atom. The molecule has 3 nitrogen and oxygen atoms in total. The van der Waals surface area contributed by atoms with Crippen LogP contribution in [0.15, 0.2) is 42.5 Å². The molecule has 2 N–H and O–H groups in total. The maximum absolute atomic E-state index is 5.97. The summed E-state index contributed by atoms with van der Waals surface area (Å²) in [5.74, 6) is 2.26. The molecule has 1 unspecified atom stereocenters. The molecule has 0 aliphatic heterocycles. The number of nitrogens with two attached hydrogens (primary N) is 1. The molecule has 0 aliphatic rings. The predicted molar refractivity (Wildman–Crippen MR) is 86.2 cm³/mol. The first-order valence-corrected chi connectivity index (χ1v) is 7.29. The van der Waals surface area contributed by atoms with Gasteiger partial charge in [-0.3, -0.25) is 0 Å². The van der Waals surface area contributed by atoms with Crippen LogP contribution in [0, 0.1) is 6.92 Å². The highest BCUT2D eigenvalue weighted by Crippen LogP contribution is 2.32. The van der Waals surface area contributed by atoms with Gasteiger partial charge in [0.15, 0.2) is 11.5 Å². The van der Waals surface area contributed by atoms with Crippen LogP contribution in [0.5, 0.6) is 17.2 Å². The van der Waals surface area contributed by atoms with Crippen LogP contribution in [0.4, 0.5) is 0 Å². The highest BCUT2D eigenvalue weighted by atomic mass is 16.5. The molecular weight excluding hydrogens is 262 g/mol. The van der Waals surface area contributed by atoms with Gasteiger partial charge in [-0.1, -0.05) is 25.1 Å². The summed E-state index contributed by atoms with van der Waals surface area (Å²) in [5.41, 5.74) is 8.34. The average Bonchev–Trinajstić information content (AvgIpc) is 2.50. The molecule has 0 radical (unpaired) electrons. The molecule has 0 amide bonds. The molecule has 3 heteroatoms. The number of rotatable bonds is 6. The average molecular weight is 285 g/mol. The molecule has 2 aromatic carbocycles. The third kappa shape index (κ3) is 4.23. The second-order valence-corrected chi connectivity index (χ2v) is 5.27. The van der Waals surface area contributed by atoms with Gasteiger partial charge in [0, 0.05) is 6.04 Å². The van der Waals surface area contributed by atoms with E-state index in [-0.39, 0.29) is 6.04 Å². The number of aryl methyl sites for hydroxylation is 1. The Hall–Kier alpha value is -2.00. The lowest BCUT2D eigenvalue weighted by molar-refractivity contribution is 0.378. The topological polar surface area (TPSA) is 44.5 Å². The van der Waals surface area contributed by atoms with Gasteiger partial charge in [-0.05, 0) is 55.2 Å². The van der Waals surface area contributed by atoms with E-state index in [1.54, 1.807) is 7.11 Å². The Labute approximate surface area is 126 Å². The number of methoxy groups -OCH3 is 1. The Morgan fingerprint density at radius 3 is 2.38 bits per heavy atom. The smallest absolute Gasteiger partial charge is 0.169 e. The van der Waals surface area contributed by atoms with Crippen molar-refractivity contribution in [1.82, 2.24) is 0 Å². The third-order valence-corrected chi connectivity index (χ3v) is 3.49. The molecule has 2 aromatic rings. The fraction of sp³-hybridized carbons (Fsp3) is 0.333. The van der Waals surface area contributed by atoms with Crippen molar-refractivity contribution in [1.29, 1.82) is 0 Å². The zero-order valence-corrected chi connectivity index (χ0v) is 12.9. The molecule has 0 bridgehead atoms. The van der Waals surface area contributed by atoms with Crippen LogP contribution in [0.2, 0.25) is 0 Å². The van der Waals surface area contributed by atoms with Crippen molar-refractivity contribution in [3.63, 3.8) is 0 Å². The van der Waals surface area contributed by atoms with Crippen molar-refractivity contribution in [2.75, 3.05) is 7.11 Å². The van der Waals surface area contributed by atoms with Crippen LogP contribution in [-0.4, -0.2) is 13.2 Å². The molecule has 0 fully saturated rings. The molecule has 21 heavy (non-hydrogen) atoms. The summed E-state index contributed by atoms with van der Waals surface area (Å²) in [6.45, 7) is 4.13. The van der Waals surface area contributed by atoms with Crippen LogP contribution < -0.4 is 15.2 Å². The van der Waals surface area contributed by atoms with Crippen molar-refractivity contribution < 1.29 is 9.47 Å². The van der Waals surface area contributed by atoms with E-state index in [0.717, 1.165) is 35.7 Å². The zero-order valence-electron chi connectivity index (χ0n) is 12.9. The maximum atomic E-state index is 5.97. The van der Waals surface area contributed by atoms with Gasteiger partial charge in [-0.25, -0.2) is 0 Å². The first-order valence-electron chi connectivity index (χ1n) is 7.29. The van der Waals surface area contributed by atoms with Crippen molar-refractivity contribution in [3.05, 3.63) is 53.6 Å². The van der Waals surface area contributed by atoms with Crippen LogP contribution in [-0.2, 0) is 6.42 Å². The highest BCUT2D eigenvalue weighted by Gasteiger charge is 2.06. The van der Waals surface area contributed by atoms with Gasteiger partial charge in [0.1, 0.15) is 5.75 Å². The van der Waals surface area contributed by atoms with Gasteiger partial charge in [-0.15, -0.1) is 0 Å². The molecule has 0 spiro atoms. The van der Waals surface area contributed by atoms with E-state index in [9.17, 15) is 0 Å². The van der Waals surface area contributed by atoms with E-state index < -0.39 is 0 Å². The number of hydrogen-bond donors (Lipinski definition) is 1. The molecule has 0 saturated heterocycles. The third-order valence-electron chi connectivity index (χ3n) is 3.49. The fourth-order valence-electron chi connectivity index (χ4n) is 2.13. The highest BCUT2D eigenvalue weighted by molar-refractivity contribution is 5.45. The monoisotopic (exact) mass is 285 g/mol. The first-order chi connectivity index (χ1) is 10.1. The van der Waals surface area contributed by atoms with Crippen LogP contribution in [0.25, 0.3) is 0 Å². The normalized spacial score (nSPS) is 12.0. The van der Waals surface area contributed by atoms with Gasteiger partial charge >= 0.3 is 0 Å². The predicted octanol–water partition coefficient (Wildman–Crippen LogP) is 4.08. The van der Waals surface area contributed by atoms with Gasteiger partial charge in [0.2, 0.25) is 0 Å². The minimum absolute atomic E-state index is 0.217. The Morgan fingerprint density at radius 1 is 1.05 bits per heavy atom. The molecule has 0 saturated carbocycles. The quantitative estimate of drug-likeness (QED) is 0.870. The number of benzene rings is 2. The van der Waals surface area contributed by atoms with Crippen molar-refractivity contribution in [3.8, 4) is 17.2 Å². The minimum Gasteiger partial charge on any atom is -0.493 e. The van der Waals surface area contributed by atoms with Crippen molar-refractivity contribution in [2.45, 2.75) is 32.7 Å². The fourth-order valence-corrected chi connectivity index (χ4v) is 2.13. The Balaban J connectivity index is 2.10. The molecular formula is C18H23NO2. The lowest BCUT2D eigenvalue weighted by atomic mass is 10.0. The Bertz CT molecular complexity index is 578. The largest absolute Gasteiger partial charge is 0.493 e. The molecule has 0 heterocycles. The summed E-state index contributed by atoms with van der Waals surface area (Å²) in [5, 5.41) is 0. The molecule has 1 atom stereocenters. The number of hydrogen-bond acceptors (Lipinski definition) is 3. The van der Waals surface area contributed by atoms with Gasteiger partial charge in [0.05, 0.1) is 7.11 Å². The van der Waals surface area contributed by atoms with E-state index in [2.05, 4.69) is 19.1 Å². The summed E-state index contributed by atoms with van der Waals surface area (Å²) in [6, 6.07) is 14.2. The van der Waals surface area contributed by atoms with E-state index in [0.29, 0.717) is 0 Å². The lowest BCUT2D eigenvalue weighted by Gasteiger charge is -2.12. The second kappa shape index (κ2) is 7.14. The van der Waals surface area contributed by atoms with Crippen LogP contribution in [0.1, 0.15) is 24.5 Å². The summed E-state index contributed by atoms with van der Waals surface area (Å²) in [6.07, 6.45) is 1.88.